The molecule has 0 N–H and O–H groups in total. The summed E-state index contributed by atoms with van der Waals surface area (Å²) in [5.41, 5.74) is 3.08. The lowest BCUT2D eigenvalue weighted by Crippen LogP contribution is -2.24. The quantitative estimate of drug-likeness (QED) is 0.696. The van der Waals surface area contributed by atoms with E-state index in [9.17, 15) is 0 Å². The van der Waals surface area contributed by atoms with Crippen molar-refractivity contribution in [2.45, 2.75) is 44.1 Å². The van der Waals surface area contributed by atoms with Gasteiger partial charge in [-0.15, -0.1) is 5.10 Å². The SMILES string of the molecule is Cc1cccn2cc(CSc3nnnn3C(C)(C)C)nc12. The average molecular weight is 302 g/mol. The smallest absolute Gasteiger partial charge is 0.210 e. The van der Waals surface area contributed by atoms with Crippen LogP contribution in [0.15, 0.2) is 29.7 Å². The predicted molar refractivity (Wildman–Crippen MR) is 82.3 cm³/mol. The minimum absolute atomic E-state index is 0.124. The number of aryl methyl sites for hydroxylation is 1. The number of hydrogen-bond donors (Lipinski definition) is 0. The Morgan fingerprint density at radius 2 is 2.10 bits per heavy atom. The van der Waals surface area contributed by atoms with Crippen LogP contribution >= 0.6 is 11.8 Å². The number of tetrazole rings is 1. The number of thioether (sulfide) groups is 1. The van der Waals surface area contributed by atoms with Gasteiger partial charge in [-0.3, -0.25) is 0 Å². The van der Waals surface area contributed by atoms with E-state index in [0.29, 0.717) is 0 Å². The zero-order valence-electron chi connectivity index (χ0n) is 12.6. The summed E-state index contributed by atoms with van der Waals surface area (Å²) in [7, 11) is 0. The molecule has 7 heteroatoms. The van der Waals surface area contributed by atoms with Gasteiger partial charge in [0.2, 0.25) is 5.16 Å². The molecule has 3 heterocycles. The molecule has 0 aliphatic heterocycles. The van der Waals surface area contributed by atoms with Crippen LogP contribution in [0.25, 0.3) is 5.65 Å². The standard InChI is InChI=1S/C14H18N6S/c1-10-6-5-7-19-8-11(15-12(10)19)9-21-13-16-17-18-20(13)14(2,3)4/h5-8H,9H2,1-4H3. The van der Waals surface area contributed by atoms with E-state index in [1.54, 1.807) is 11.8 Å². The lowest BCUT2D eigenvalue weighted by molar-refractivity contribution is 0.321. The van der Waals surface area contributed by atoms with Crippen molar-refractivity contribution in [3.05, 3.63) is 35.8 Å². The highest BCUT2D eigenvalue weighted by Gasteiger charge is 2.20. The van der Waals surface area contributed by atoms with Crippen molar-refractivity contribution in [3.8, 4) is 0 Å². The number of nitrogens with zero attached hydrogens (tertiary/aromatic N) is 6. The van der Waals surface area contributed by atoms with E-state index < -0.39 is 0 Å². The maximum Gasteiger partial charge on any atom is 0.210 e. The van der Waals surface area contributed by atoms with Gasteiger partial charge in [0, 0.05) is 18.1 Å². The van der Waals surface area contributed by atoms with Crippen LogP contribution in [0.1, 0.15) is 32.0 Å². The van der Waals surface area contributed by atoms with Gasteiger partial charge in [0.25, 0.3) is 0 Å². The Balaban J connectivity index is 1.81. The molecule has 3 rings (SSSR count). The van der Waals surface area contributed by atoms with Crippen molar-refractivity contribution in [2.75, 3.05) is 0 Å². The molecule has 0 atom stereocenters. The summed E-state index contributed by atoms with van der Waals surface area (Å²) in [5, 5.41) is 12.8. The second kappa shape index (κ2) is 5.14. The molecule has 0 spiro atoms. The normalized spacial score (nSPS) is 12.2. The monoisotopic (exact) mass is 302 g/mol. The van der Waals surface area contributed by atoms with Gasteiger partial charge in [0.1, 0.15) is 5.65 Å². The zero-order chi connectivity index (χ0) is 15.0. The van der Waals surface area contributed by atoms with Crippen LogP contribution in [0.4, 0.5) is 0 Å². The predicted octanol–water partition coefficient (Wildman–Crippen LogP) is 2.68. The molecular weight excluding hydrogens is 284 g/mol. The first kappa shape index (κ1) is 14.1. The van der Waals surface area contributed by atoms with Crippen molar-refractivity contribution in [3.63, 3.8) is 0 Å². The lowest BCUT2D eigenvalue weighted by atomic mass is 10.1. The lowest BCUT2D eigenvalue weighted by Gasteiger charge is -2.19. The first-order chi connectivity index (χ1) is 9.95. The van der Waals surface area contributed by atoms with E-state index in [2.05, 4.69) is 64.9 Å². The summed E-state index contributed by atoms with van der Waals surface area (Å²) in [6, 6.07) is 4.10. The summed E-state index contributed by atoms with van der Waals surface area (Å²) in [5.74, 6) is 0.748. The highest BCUT2D eigenvalue weighted by molar-refractivity contribution is 7.98. The Morgan fingerprint density at radius 3 is 2.81 bits per heavy atom. The molecule has 6 nitrogen and oxygen atoms in total. The number of hydrogen-bond acceptors (Lipinski definition) is 5. The second-order valence-corrected chi connectivity index (χ2v) is 6.93. The maximum atomic E-state index is 4.67. The molecule has 0 aliphatic rings. The highest BCUT2D eigenvalue weighted by atomic mass is 32.2. The molecule has 0 amide bonds. The molecule has 0 saturated carbocycles. The van der Waals surface area contributed by atoms with Crippen molar-refractivity contribution >= 4 is 17.4 Å². The van der Waals surface area contributed by atoms with E-state index in [0.717, 1.165) is 22.3 Å². The summed E-state index contributed by atoms with van der Waals surface area (Å²) < 4.78 is 3.90. The number of rotatable bonds is 3. The van der Waals surface area contributed by atoms with Crippen LogP contribution < -0.4 is 0 Å². The third-order valence-corrected chi connectivity index (χ3v) is 4.11. The third kappa shape index (κ3) is 2.78. The van der Waals surface area contributed by atoms with E-state index in [1.165, 1.54) is 5.56 Å². The molecule has 0 saturated heterocycles. The fourth-order valence-corrected chi connectivity index (χ4v) is 3.05. The van der Waals surface area contributed by atoms with Crippen molar-refractivity contribution in [1.82, 2.24) is 29.6 Å². The first-order valence-electron chi connectivity index (χ1n) is 6.80. The van der Waals surface area contributed by atoms with Crippen LogP contribution in [0, 0.1) is 6.92 Å². The Hall–Kier alpha value is -1.89. The Labute approximate surface area is 127 Å². The Kier molecular flexibility index (Phi) is 3.44. The molecule has 3 aromatic heterocycles. The van der Waals surface area contributed by atoms with E-state index in [4.69, 9.17) is 0 Å². The fraction of sp³-hybridized carbons (Fsp3) is 0.429. The second-order valence-electron chi connectivity index (χ2n) is 5.99. The van der Waals surface area contributed by atoms with Gasteiger partial charge in [0.15, 0.2) is 0 Å². The van der Waals surface area contributed by atoms with Crippen molar-refractivity contribution < 1.29 is 0 Å². The molecule has 0 bridgehead atoms. The molecule has 110 valence electrons. The van der Waals surface area contributed by atoms with Crippen LogP contribution in [-0.2, 0) is 11.3 Å². The van der Waals surface area contributed by atoms with Crippen LogP contribution in [0.5, 0.6) is 0 Å². The summed E-state index contributed by atoms with van der Waals surface area (Å²) in [6.07, 6.45) is 4.07. The highest BCUT2D eigenvalue weighted by Crippen LogP contribution is 2.24. The average Bonchev–Trinajstić information content (AvgIpc) is 3.02. The number of pyridine rings is 1. The zero-order valence-corrected chi connectivity index (χ0v) is 13.4. The first-order valence-corrected chi connectivity index (χ1v) is 7.78. The third-order valence-electron chi connectivity index (χ3n) is 3.15. The van der Waals surface area contributed by atoms with Gasteiger partial charge in [-0.1, -0.05) is 17.8 Å². The molecule has 0 radical (unpaired) electrons. The number of imidazole rings is 1. The van der Waals surface area contributed by atoms with Crippen LogP contribution in [0.2, 0.25) is 0 Å². The van der Waals surface area contributed by atoms with Gasteiger partial charge in [0.05, 0.1) is 11.2 Å². The minimum Gasteiger partial charge on any atom is -0.307 e. The Bertz CT molecular complexity index is 767. The largest absolute Gasteiger partial charge is 0.307 e. The minimum atomic E-state index is -0.124. The van der Waals surface area contributed by atoms with Gasteiger partial charge in [-0.05, 0) is 49.8 Å². The number of fused-ring (bicyclic) bond motifs is 1. The molecule has 0 aromatic carbocycles. The van der Waals surface area contributed by atoms with Gasteiger partial charge < -0.3 is 4.40 Å². The van der Waals surface area contributed by atoms with Crippen molar-refractivity contribution in [1.29, 1.82) is 0 Å². The Morgan fingerprint density at radius 1 is 1.29 bits per heavy atom. The van der Waals surface area contributed by atoms with Gasteiger partial charge >= 0.3 is 0 Å². The molecule has 0 unspecified atom stereocenters. The van der Waals surface area contributed by atoms with Gasteiger partial charge in [-0.25, -0.2) is 9.67 Å². The number of aromatic nitrogens is 6. The van der Waals surface area contributed by atoms with Crippen LogP contribution in [0.3, 0.4) is 0 Å². The molecule has 0 fully saturated rings. The topological polar surface area (TPSA) is 60.9 Å². The van der Waals surface area contributed by atoms with E-state index in [-0.39, 0.29) is 5.54 Å². The van der Waals surface area contributed by atoms with E-state index >= 15 is 0 Å². The van der Waals surface area contributed by atoms with Gasteiger partial charge in [-0.2, -0.15) is 0 Å². The summed E-state index contributed by atoms with van der Waals surface area (Å²) >= 11 is 1.61. The summed E-state index contributed by atoms with van der Waals surface area (Å²) in [6.45, 7) is 8.32. The van der Waals surface area contributed by atoms with E-state index in [1.807, 2.05) is 16.9 Å². The fourth-order valence-electron chi connectivity index (χ4n) is 2.10. The summed E-state index contributed by atoms with van der Waals surface area (Å²) in [4.78, 5) is 4.67. The maximum absolute atomic E-state index is 4.67. The van der Waals surface area contributed by atoms with Crippen LogP contribution in [-0.4, -0.2) is 29.6 Å². The molecule has 0 aliphatic carbocycles. The molecule has 3 aromatic rings. The van der Waals surface area contributed by atoms with Crippen molar-refractivity contribution in [2.24, 2.45) is 0 Å². The molecular formula is C14H18N6S. The molecule has 21 heavy (non-hydrogen) atoms.